The van der Waals surface area contributed by atoms with Crippen molar-refractivity contribution in [2.75, 3.05) is 26.9 Å². The number of para-hydroxylation sites is 1. The lowest BCUT2D eigenvalue weighted by atomic mass is 10.1. The quantitative estimate of drug-likeness (QED) is 0.156. The normalized spacial score (nSPS) is 10.8. The molecule has 1 heterocycles. The number of nitrogens with one attached hydrogen (secondary N) is 1. The highest BCUT2D eigenvalue weighted by Gasteiger charge is 2.13. The molecule has 1 amide bonds. The minimum Gasteiger partial charge on any atom is -0.490 e. The van der Waals surface area contributed by atoms with Crippen molar-refractivity contribution in [2.24, 2.45) is 7.05 Å². The number of hydrogen-bond acceptors (Lipinski definition) is 4. The molecule has 0 saturated carbocycles. The monoisotopic (exact) mass is 513 g/mol. The first-order chi connectivity index (χ1) is 18.1. The third-order valence-electron chi connectivity index (χ3n) is 6.50. The molecule has 2 rings (SSSR count). The van der Waals surface area contributed by atoms with Gasteiger partial charge in [-0.2, -0.15) is 0 Å². The zero-order valence-electron chi connectivity index (χ0n) is 23.4. The first-order valence-corrected chi connectivity index (χ1v) is 14.3. The lowest BCUT2D eigenvalue weighted by Crippen LogP contribution is -2.31. The molecule has 206 valence electrons. The Hall–Kier alpha value is -2.76. The van der Waals surface area contributed by atoms with Crippen LogP contribution in [0.4, 0.5) is 0 Å². The van der Waals surface area contributed by atoms with Crippen molar-refractivity contribution >= 4 is 5.91 Å². The van der Waals surface area contributed by atoms with Gasteiger partial charge in [0, 0.05) is 18.2 Å². The summed E-state index contributed by atoms with van der Waals surface area (Å²) in [6, 6.07) is 9.59. The molecule has 0 spiro atoms. The zero-order chi connectivity index (χ0) is 26.6. The van der Waals surface area contributed by atoms with E-state index in [4.69, 9.17) is 14.2 Å². The van der Waals surface area contributed by atoms with Gasteiger partial charge in [0.05, 0.1) is 13.7 Å². The molecule has 0 aliphatic carbocycles. The second-order valence-electron chi connectivity index (χ2n) is 9.79. The maximum atomic E-state index is 12.3. The van der Waals surface area contributed by atoms with Gasteiger partial charge in [0.25, 0.3) is 5.91 Å². The molecule has 6 heteroatoms. The number of benzene rings is 1. The summed E-state index contributed by atoms with van der Waals surface area (Å²) in [5, 5.41) is 2.91. The van der Waals surface area contributed by atoms with Crippen LogP contribution in [0.25, 0.3) is 0 Å². The van der Waals surface area contributed by atoms with Gasteiger partial charge in [-0.25, -0.2) is 4.57 Å². The second-order valence-corrected chi connectivity index (χ2v) is 9.79. The zero-order valence-corrected chi connectivity index (χ0v) is 23.4. The van der Waals surface area contributed by atoms with E-state index in [-0.39, 0.29) is 12.5 Å². The van der Waals surface area contributed by atoms with Crippen LogP contribution in [0.2, 0.25) is 0 Å². The molecule has 0 saturated heterocycles. The Labute approximate surface area is 224 Å². The van der Waals surface area contributed by atoms with E-state index in [1.807, 2.05) is 36.0 Å². The summed E-state index contributed by atoms with van der Waals surface area (Å²) in [4.78, 5) is 12.3. The topological polar surface area (TPSA) is 60.7 Å². The molecular formula is C31H49N2O4+. The maximum Gasteiger partial charge on any atom is 0.257 e. The van der Waals surface area contributed by atoms with Crippen LogP contribution in [0.3, 0.4) is 0 Å². The fraction of sp³-hybridized carbons (Fsp3) is 0.613. The van der Waals surface area contributed by atoms with E-state index in [1.165, 1.54) is 76.2 Å². The van der Waals surface area contributed by atoms with Crippen molar-refractivity contribution in [1.82, 2.24) is 5.32 Å². The van der Waals surface area contributed by atoms with E-state index in [0.29, 0.717) is 30.4 Å². The summed E-state index contributed by atoms with van der Waals surface area (Å²) in [6.45, 7) is 3.41. The minimum absolute atomic E-state index is 0.0683. The lowest BCUT2D eigenvalue weighted by Gasteiger charge is -2.15. The Morgan fingerprint density at radius 2 is 1.46 bits per heavy atom. The molecule has 0 unspecified atom stereocenters. The van der Waals surface area contributed by atoms with Crippen molar-refractivity contribution in [3.63, 3.8) is 0 Å². The number of carbonyl (C=O) groups excluding carboxylic acids is 1. The number of aromatic nitrogens is 1. The van der Waals surface area contributed by atoms with Gasteiger partial charge in [-0.05, 0) is 31.0 Å². The van der Waals surface area contributed by atoms with Gasteiger partial charge in [-0.3, -0.25) is 4.79 Å². The predicted octanol–water partition coefficient (Wildman–Crippen LogP) is 6.34. The van der Waals surface area contributed by atoms with Crippen LogP contribution in [-0.2, 0) is 18.3 Å². The van der Waals surface area contributed by atoms with Crippen LogP contribution in [0, 0.1) is 0 Å². The third-order valence-corrected chi connectivity index (χ3v) is 6.50. The standard InChI is InChI=1S/C31H48N2O4/c1-4-5-6-7-8-9-10-11-12-13-14-15-24-36-28-19-16-20-29(31(28)35-3)37-26-30(34)32-22-21-27-18-17-23-33(2)25-27/h16-20,23,25H,4-15,21-22,24,26H2,1-3H3/p+1. The van der Waals surface area contributed by atoms with E-state index in [9.17, 15) is 4.79 Å². The summed E-state index contributed by atoms with van der Waals surface area (Å²) < 4.78 is 19.3. The highest BCUT2D eigenvalue weighted by atomic mass is 16.5. The van der Waals surface area contributed by atoms with Gasteiger partial charge in [0.2, 0.25) is 5.75 Å². The van der Waals surface area contributed by atoms with Crippen molar-refractivity contribution in [3.05, 3.63) is 48.3 Å². The molecule has 0 radical (unpaired) electrons. The molecule has 0 aliphatic heterocycles. The predicted molar refractivity (Wildman–Crippen MR) is 149 cm³/mol. The minimum atomic E-state index is -0.162. The number of pyridine rings is 1. The average molecular weight is 514 g/mol. The smallest absolute Gasteiger partial charge is 0.257 e. The fourth-order valence-electron chi connectivity index (χ4n) is 4.39. The van der Waals surface area contributed by atoms with Crippen LogP contribution in [0.1, 0.15) is 89.5 Å². The van der Waals surface area contributed by atoms with Crippen molar-refractivity contribution in [1.29, 1.82) is 0 Å². The molecule has 0 fully saturated rings. The number of ether oxygens (including phenoxy) is 3. The van der Waals surface area contributed by atoms with Gasteiger partial charge in [0.1, 0.15) is 7.05 Å². The lowest BCUT2D eigenvalue weighted by molar-refractivity contribution is -0.671. The Morgan fingerprint density at radius 3 is 2.08 bits per heavy atom. The summed E-state index contributed by atoms with van der Waals surface area (Å²) in [7, 11) is 3.58. The first-order valence-electron chi connectivity index (χ1n) is 14.3. The Bertz CT molecular complexity index is 887. The van der Waals surface area contributed by atoms with Crippen molar-refractivity contribution in [2.45, 2.75) is 90.4 Å². The molecule has 2 aromatic rings. The van der Waals surface area contributed by atoms with E-state index < -0.39 is 0 Å². The van der Waals surface area contributed by atoms with E-state index in [0.717, 1.165) is 12.8 Å². The molecular weight excluding hydrogens is 464 g/mol. The third kappa shape index (κ3) is 13.4. The second kappa shape index (κ2) is 19.4. The number of aryl methyl sites for hydroxylation is 1. The molecule has 1 N–H and O–H groups in total. The van der Waals surface area contributed by atoms with Crippen LogP contribution in [-0.4, -0.2) is 32.8 Å². The van der Waals surface area contributed by atoms with Crippen LogP contribution in [0.15, 0.2) is 42.7 Å². The van der Waals surface area contributed by atoms with E-state index in [2.05, 4.69) is 24.5 Å². The summed E-state index contributed by atoms with van der Waals surface area (Å²) in [5.41, 5.74) is 1.17. The Kier molecular flexibility index (Phi) is 15.9. The van der Waals surface area contributed by atoms with E-state index in [1.54, 1.807) is 13.2 Å². The van der Waals surface area contributed by atoms with Gasteiger partial charge in [0.15, 0.2) is 30.5 Å². The number of amides is 1. The molecule has 0 bridgehead atoms. The number of hydrogen-bond donors (Lipinski definition) is 1. The summed E-state index contributed by atoms with van der Waals surface area (Å²) in [5.74, 6) is 1.54. The average Bonchev–Trinajstić information content (AvgIpc) is 2.90. The SMILES string of the molecule is CCCCCCCCCCCCCCOc1cccc(OCC(=O)NCCc2ccc[n+](C)c2)c1OC. The Morgan fingerprint density at radius 1 is 0.838 bits per heavy atom. The van der Waals surface area contributed by atoms with E-state index >= 15 is 0 Å². The summed E-state index contributed by atoms with van der Waals surface area (Å²) in [6.07, 6.45) is 20.6. The number of nitrogens with zero attached hydrogens (tertiary/aromatic N) is 1. The van der Waals surface area contributed by atoms with Gasteiger partial charge in [-0.1, -0.05) is 83.6 Å². The highest BCUT2D eigenvalue weighted by Crippen LogP contribution is 2.37. The largest absolute Gasteiger partial charge is 0.490 e. The van der Waals surface area contributed by atoms with Crippen molar-refractivity contribution in [3.8, 4) is 17.2 Å². The molecule has 1 aromatic heterocycles. The molecule has 0 atom stereocenters. The van der Waals surface area contributed by atoms with Gasteiger partial charge in [-0.15, -0.1) is 0 Å². The number of methoxy groups -OCH3 is 1. The van der Waals surface area contributed by atoms with Gasteiger partial charge < -0.3 is 19.5 Å². The Balaban J connectivity index is 1.59. The van der Waals surface area contributed by atoms with Crippen LogP contribution >= 0.6 is 0 Å². The molecule has 0 aliphatic rings. The van der Waals surface area contributed by atoms with Crippen molar-refractivity contribution < 1.29 is 23.6 Å². The first kappa shape index (κ1) is 30.5. The van der Waals surface area contributed by atoms with Crippen LogP contribution in [0.5, 0.6) is 17.2 Å². The number of rotatable bonds is 21. The molecule has 6 nitrogen and oxygen atoms in total. The maximum absolute atomic E-state index is 12.3. The fourth-order valence-corrected chi connectivity index (χ4v) is 4.39. The molecule has 37 heavy (non-hydrogen) atoms. The number of carbonyl (C=O) groups is 1. The van der Waals surface area contributed by atoms with Crippen LogP contribution < -0.4 is 24.1 Å². The van der Waals surface area contributed by atoms with Gasteiger partial charge >= 0.3 is 0 Å². The molecule has 1 aromatic carbocycles. The number of unbranched alkanes of at least 4 members (excludes halogenated alkanes) is 11. The highest BCUT2D eigenvalue weighted by molar-refractivity contribution is 5.77. The summed E-state index contributed by atoms with van der Waals surface area (Å²) >= 11 is 0.